The van der Waals surface area contributed by atoms with Crippen LogP contribution in [0, 0.1) is 0 Å². The van der Waals surface area contributed by atoms with E-state index in [1.807, 2.05) is 11.8 Å². The summed E-state index contributed by atoms with van der Waals surface area (Å²) in [6.07, 6.45) is 2.21. The Balaban J connectivity index is 2.27. The molecule has 16 heavy (non-hydrogen) atoms. The van der Waals surface area contributed by atoms with Gasteiger partial charge in [-0.1, -0.05) is 13.8 Å². The van der Waals surface area contributed by atoms with Crippen LogP contribution in [0.3, 0.4) is 0 Å². The van der Waals surface area contributed by atoms with Gasteiger partial charge in [0.05, 0.1) is 6.61 Å². The largest absolute Gasteiger partial charge is 0.394 e. The topological polar surface area (TPSA) is 35.5 Å². The van der Waals surface area contributed by atoms with Crippen molar-refractivity contribution in [2.75, 3.05) is 44.3 Å². The molecule has 0 atom stereocenters. The highest BCUT2D eigenvalue weighted by Crippen LogP contribution is 2.26. The first-order valence-electron chi connectivity index (χ1n) is 6.42. The monoisotopic (exact) mass is 246 g/mol. The molecule has 0 saturated carbocycles. The number of hydrogen-bond acceptors (Lipinski definition) is 4. The fourth-order valence-electron chi connectivity index (χ4n) is 2.17. The summed E-state index contributed by atoms with van der Waals surface area (Å²) in [7, 11) is 0. The van der Waals surface area contributed by atoms with Crippen molar-refractivity contribution in [3.63, 3.8) is 0 Å². The van der Waals surface area contributed by atoms with E-state index in [1.165, 1.54) is 11.5 Å². The molecule has 0 aliphatic carbocycles. The van der Waals surface area contributed by atoms with E-state index in [4.69, 9.17) is 0 Å². The summed E-state index contributed by atoms with van der Waals surface area (Å²) in [5, 5.41) is 13.1. The van der Waals surface area contributed by atoms with E-state index in [0.717, 1.165) is 39.0 Å². The molecule has 0 spiro atoms. The second-order valence-corrected chi connectivity index (χ2v) is 5.73. The van der Waals surface area contributed by atoms with Crippen LogP contribution in [0.1, 0.15) is 26.7 Å². The van der Waals surface area contributed by atoms with Crippen LogP contribution in [-0.4, -0.2) is 59.8 Å². The molecule has 0 aromatic rings. The predicted molar refractivity (Wildman–Crippen MR) is 72.2 cm³/mol. The molecular formula is C12H26N2OS. The van der Waals surface area contributed by atoms with E-state index < -0.39 is 0 Å². The van der Waals surface area contributed by atoms with Gasteiger partial charge in [0.25, 0.3) is 0 Å². The second kappa shape index (κ2) is 7.54. The van der Waals surface area contributed by atoms with Crippen LogP contribution >= 0.6 is 11.8 Å². The Hall–Kier alpha value is 0.230. The molecule has 1 saturated heterocycles. The first kappa shape index (κ1) is 14.3. The van der Waals surface area contributed by atoms with Crippen molar-refractivity contribution in [1.29, 1.82) is 0 Å². The van der Waals surface area contributed by atoms with Gasteiger partial charge >= 0.3 is 0 Å². The molecule has 96 valence electrons. The number of likely N-dealkylation sites (N-methyl/N-ethyl adjacent to an activating group) is 1. The van der Waals surface area contributed by atoms with E-state index >= 15 is 0 Å². The lowest BCUT2D eigenvalue weighted by Gasteiger charge is -2.37. The molecule has 1 rings (SSSR count). The number of aliphatic hydroxyl groups excluding tert-OH is 1. The van der Waals surface area contributed by atoms with E-state index in [1.54, 1.807) is 0 Å². The lowest BCUT2D eigenvalue weighted by atomic mass is 9.93. The molecule has 0 aromatic carbocycles. The van der Waals surface area contributed by atoms with Gasteiger partial charge in [-0.15, -0.1) is 0 Å². The first-order chi connectivity index (χ1) is 7.76. The molecule has 1 aliphatic rings. The van der Waals surface area contributed by atoms with Gasteiger partial charge in [0.15, 0.2) is 0 Å². The Morgan fingerprint density at radius 1 is 1.25 bits per heavy atom. The van der Waals surface area contributed by atoms with Crippen LogP contribution < -0.4 is 5.32 Å². The van der Waals surface area contributed by atoms with Crippen LogP contribution in [0.15, 0.2) is 0 Å². The Morgan fingerprint density at radius 3 is 2.38 bits per heavy atom. The normalized spacial score (nSPS) is 20.2. The van der Waals surface area contributed by atoms with Gasteiger partial charge in [0.2, 0.25) is 0 Å². The summed E-state index contributed by atoms with van der Waals surface area (Å²) in [6, 6.07) is 0. The van der Waals surface area contributed by atoms with Crippen LogP contribution in [0.5, 0.6) is 0 Å². The van der Waals surface area contributed by atoms with Crippen molar-refractivity contribution < 1.29 is 5.11 Å². The molecule has 0 bridgehead atoms. The van der Waals surface area contributed by atoms with Gasteiger partial charge < -0.3 is 15.3 Å². The lowest BCUT2D eigenvalue weighted by Crippen LogP contribution is -2.53. The van der Waals surface area contributed by atoms with Crippen LogP contribution in [0.25, 0.3) is 0 Å². The standard InChI is InChI=1S/C12H26N2OS/c1-3-14(4-2)8-7-13-12(11-15)5-9-16-10-6-12/h13,15H,3-11H2,1-2H3. The maximum absolute atomic E-state index is 9.54. The average molecular weight is 246 g/mol. The highest BCUT2D eigenvalue weighted by molar-refractivity contribution is 7.99. The Morgan fingerprint density at radius 2 is 1.88 bits per heavy atom. The molecule has 0 aromatic heterocycles. The molecule has 1 heterocycles. The second-order valence-electron chi connectivity index (χ2n) is 4.50. The van der Waals surface area contributed by atoms with Gasteiger partial charge in [-0.25, -0.2) is 0 Å². The van der Waals surface area contributed by atoms with Gasteiger partial charge in [0.1, 0.15) is 0 Å². The van der Waals surface area contributed by atoms with E-state index in [2.05, 4.69) is 24.1 Å². The number of nitrogens with zero attached hydrogens (tertiary/aromatic N) is 1. The van der Waals surface area contributed by atoms with Gasteiger partial charge in [-0.05, 0) is 37.4 Å². The molecule has 2 N–H and O–H groups in total. The molecular weight excluding hydrogens is 220 g/mol. The Kier molecular flexibility index (Phi) is 6.73. The third-order valence-electron chi connectivity index (χ3n) is 3.58. The van der Waals surface area contributed by atoms with Crippen LogP contribution in [0.2, 0.25) is 0 Å². The zero-order valence-corrected chi connectivity index (χ0v) is 11.5. The molecule has 0 radical (unpaired) electrons. The van der Waals surface area contributed by atoms with Gasteiger partial charge in [-0.2, -0.15) is 11.8 Å². The average Bonchev–Trinajstić information content (AvgIpc) is 2.36. The third kappa shape index (κ3) is 4.24. The van der Waals surface area contributed by atoms with E-state index in [0.29, 0.717) is 0 Å². The zero-order valence-electron chi connectivity index (χ0n) is 10.7. The molecule has 4 heteroatoms. The number of nitrogens with one attached hydrogen (secondary N) is 1. The highest BCUT2D eigenvalue weighted by atomic mass is 32.2. The highest BCUT2D eigenvalue weighted by Gasteiger charge is 2.30. The summed E-state index contributed by atoms with van der Waals surface area (Å²) in [5.74, 6) is 2.36. The Bertz CT molecular complexity index is 180. The van der Waals surface area contributed by atoms with Crippen molar-refractivity contribution in [3.05, 3.63) is 0 Å². The fourth-order valence-corrected chi connectivity index (χ4v) is 3.45. The van der Waals surface area contributed by atoms with Crippen molar-refractivity contribution >= 4 is 11.8 Å². The minimum atomic E-state index is 0.0123. The maximum atomic E-state index is 9.54. The van der Waals surface area contributed by atoms with E-state index in [9.17, 15) is 5.11 Å². The SMILES string of the molecule is CCN(CC)CCNC1(CO)CCSCC1. The van der Waals surface area contributed by atoms with E-state index in [-0.39, 0.29) is 12.1 Å². The van der Waals surface area contributed by atoms with Gasteiger partial charge in [-0.3, -0.25) is 0 Å². The molecule has 1 aliphatic heterocycles. The summed E-state index contributed by atoms with van der Waals surface area (Å²) < 4.78 is 0. The number of hydrogen-bond donors (Lipinski definition) is 2. The minimum absolute atomic E-state index is 0.0123. The number of rotatable bonds is 7. The van der Waals surface area contributed by atoms with Crippen molar-refractivity contribution in [1.82, 2.24) is 10.2 Å². The first-order valence-corrected chi connectivity index (χ1v) is 7.58. The number of aliphatic hydroxyl groups is 1. The minimum Gasteiger partial charge on any atom is -0.394 e. The molecule has 3 nitrogen and oxygen atoms in total. The summed E-state index contributed by atoms with van der Waals surface area (Å²) >= 11 is 2.00. The quantitative estimate of drug-likeness (QED) is 0.707. The summed E-state index contributed by atoms with van der Waals surface area (Å²) in [4.78, 5) is 2.41. The summed E-state index contributed by atoms with van der Waals surface area (Å²) in [5.41, 5.74) is 0.0123. The smallest absolute Gasteiger partial charge is 0.0613 e. The van der Waals surface area contributed by atoms with Gasteiger partial charge in [0, 0.05) is 18.6 Å². The zero-order chi connectivity index (χ0) is 11.9. The molecule has 0 amide bonds. The van der Waals surface area contributed by atoms with Crippen molar-refractivity contribution in [2.24, 2.45) is 0 Å². The summed E-state index contributed by atoms with van der Waals surface area (Å²) in [6.45, 7) is 8.98. The fraction of sp³-hybridized carbons (Fsp3) is 1.00. The predicted octanol–water partition coefficient (Wildman–Crippen LogP) is 1.18. The number of thioether (sulfide) groups is 1. The molecule has 1 fully saturated rings. The van der Waals surface area contributed by atoms with Crippen molar-refractivity contribution in [2.45, 2.75) is 32.2 Å². The maximum Gasteiger partial charge on any atom is 0.0613 e. The third-order valence-corrected chi connectivity index (χ3v) is 4.56. The van der Waals surface area contributed by atoms with Crippen molar-refractivity contribution in [3.8, 4) is 0 Å². The van der Waals surface area contributed by atoms with Crippen LogP contribution in [-0.2, 0) is 0 Å². The molecule has 0 unspecified atom stereocenters. The van der Waals surface area contributed by atoms with Crippen LogP contribution in [0.4, 0.5) is 0 Å². The Labute approximate surface area is 104 Å². The lowest BCUT2D eigenvalue weighted by molar-refractivity contribution is 0.145.